The highest BCUT2D eigenvalue weighted by Crippen LogP contribution is 2.24. The molecule has 6 heteroatoms. The molecule has 0 aliphatic rings. The molecule has 0 aromatic heterocycles. The van der Waals surface area contributed by atoms with Crippen LogP contribution in [0.4, 0.5) is 13.2 Å². The zero-order chi connectivity index (χ0) is 10.5. The van der Waals surface area contributed by atoms with E-state index in [4.69, 9.17) is 10.4 Å². The van der Waals surface area contributed by atoms with E-state index in [2.05, 4.69) is 5.32 Å². The van der Waals surface area contributed by atoms with Crippen LogP contribution >= 0.6 is 0 Å². The molecule has 2 N–H and O–H groups in total. The second kappa shape index (κ2) is 5.04. The minimum Gasteiger partial charge on any atom is -0.392 e. The third-order valence-corrected chi connectivity index (χ3v) is 1.34. The number of aliphatic hydroxyl groups is 1. The van der Waals surface area contributed by atoms with Gasteiger partial charge >= 0.3 is 6.18 Å². The molecule has 13 heavy (non-hydrogen) atoms. The Labute approximate surface area is 74.2 Å². The molecule has 0 radical (unpaired) electrons. The highest BCUT2D eigenvalue weighted by Gasteiger charge is 2.39. The van der Waals surface area contributed by atoms with Gasteiger partial charge in [-0.1, -0.05) is 0 Å². The SMILES string of the molecule is CC(O)CNCC(C#N)C(F)(F)F. The van der Waals surface area contributed by atoms with Gasteiger partial charge in [0.15, 0.2) is 5.92 Å². The molecule has 2 unspecified atom stereocenters. The minimum atomic E-state index is -4.50. The van der Waals surface area contributed by atoms with Gasteiger partial charge in [-0.3, -0.25) is 0 Å². The molecular formula is C7H11F3N2O. The summed E-state index contributed by atoms with van der Waals surface area (Å²) in [5, 5.41) is 19.2. The lowest BCUT2D eigenvalue weighted by atomic mass is 10.1. The van der Waals surface area contributed by atoms with Crippen LogP contribution in [0.1, 0.15) is 6.92 Å². The Morgan fingerprint density at radius 2 is 2.00 bits per heavy atom. The molecule has 0 aliphatic heterocycles. The average molecular weight is 196 g/mol. The van der Waals surface area contributed by atoms with Crippen LogP contribution in [0.3, 0.4) is 0 Å². The minimum absolute atomic E-state index is 0.0499. The molecule has 0 heterocycles. The maximum Gasteiger partial charge on any atom is 0.405 e. The number of rotatable bonds is 4. The van der Waals surface area contributed by atoms with Crippen LogP contribution in [0.15, 0.2) is 0 Å². The summed E-state index contributed by atoms with van der Waals surface area (Å²) in [6.45, 7) is 1.02. The van der Waals surface area contributed by atoms with Crippen molar-refractivity contribution >= 4 is 0 Å². The van der Waals surface area contributed by atoms with Gasteiger partial charge in [0.2, 0.25) is 0 Å². The topological polar surface area (TPSA) is 56.0 Å². The number of aliphatic hydroxyl groups excluding tert-OH is 1. The number of nitrogens with one attached hydrogen (secondary N) is 1. The van der Waals surface area contributed by atoms with Gasteiger partial charge in [-0.05, 0) is 6.92 Å². The van der Waals surface area contributed by atoms with E-state index in [1.165, 1.54) is 6.92 Å². The highest BCUT2D eigenvalue weighted by atomic mass is 19.4. The maximum atomic E-state index is 11.9. The lowest BCUT2D eigenvalue weighted by Gasteiger charge is -2.14. The smallest absolute Gasteiger partial charge is 0.392 e. The number of nitrogens with zero attached hydrogens (tertiary/aromatic N) is 1. The number of nitriles is 1. The van der Waals surface area contributed by atoms with Gasteiger partial charge in [0, 0.05) is 13.1 Å². The molecule has 0 bridgehead atoms. The number of halogens is 3. The summed E-state index contributed by atoms with van der Waals surface area (Å²) in [5.74, 6) is -2.01. The number of hydrogen-bond donors (Lipinski definition) is 2. The quantitative estimate of drug-likeness (QED) is 0.694. The van der Waals surface area contributed by atoms with Crippen molar-refractivity contribution in [2.75, 3.05) is 13.1 Å². The molecule has 3 nitrogen and oxygen atoms in total. The van der Waals surface area contributed by atoms with E-state index >= 15 is 0 Å². The first-order valence-electron chi connectivity index (χ1n) is 3.73. The summed E-state index contributed by atoms with van der Waals surface area (Å²) >= 11 is 0. The summed E-state index contributed by atoms with van der Waals surface area (Å²) in [6.07, 6.45) is -5.21. The Balaban J connectivity index is 3.83. The lowest BCUT2D eigenvalue weighted by molar-refractivity contribution is -0.157. The van der Waals surface area contributed by atoms with E-state index in [0.29, 0.717) is 0 Å². The fraction of sp³-hybridized carbons (Fsp3) is 0.857. The Morgan fingerprint density at radius 3 is 2.31 bits per heavy atom. The largest absolute Gasteiger partial charge is 0.405 e. The molecule has 0 aliphatic carbocycles. The molecule has 2 atom stereocenters. The molecule has 76 valence electrons. The Kier molecular flexibility index (Phi) is 4.73. The first-order valence-corrected chi connectivity index (χ1v) is 3.73. The van der Waals surface area contributed by atoms with E-state index in [1.54, 1.807) is 0 Å². The highest BCUT2D eigenvalue weighted by molar-refractivity contribution is 4.89. The van der Waals surface area contributed by atoms with Crippen LogP contribution in [0, 0.1) is 17.2 Å². The third kappa shape index (κ3) is 5.44. The van der Waals surface area contributed by atoms with Crippen molar-refractivity contribution in [3.63, 3.8) is 0 Å². The van der Waals surface area contributed by atoms with E-state index in [0.717, 1.165) is 6.07 Å². The summed E-state index contributed by atoms with van der Waals surface area (Å²) < 4.78 is 35.8. The molecule has 0 aromatic rings. The van der Waals surface area contributed by atoms with Gasteiger partial charge < -0.3 is 10.4 Å². The predicted octanol–water partition coefficient (Wildman–Crippen LogP) is 0.659. The molecular weight excluding hydrogens is 185 g/mol. The fourth-order valence-electron chi connectivity index (χ4n) is 0.671. The summed E-state index contributed by atoms with van der Waals surface area (Å²) in [5.41, 5.74) is 0. The Hall–Kier alpha value is -0.800. The van der Waals surface area contributed by atoms with Crippen LogP contribution in [-0.2, 0) is 0 Å². The fourth-order valence-corrected chi connectivity index (χ4v) is 0.671. The maximum absolute atomic E-state index is 11.9. The molecule has 0 aromatic carbocycles. The van der Waals surface area contributed by atoms with Crippen molar-refractivity contribution in [1.82, 2.24) is 5.32 Å². The third-order valence-electron chi connectivity index (χ3n) is 1.34. The zero-order valence-corrected chi connectivity index (χ0v) is 7.10. The van der Waals surface area contributed by atoms with Crippen LogP contribution in [0.5, 0.6) is 0 Å². The average Bonchev–Trinajstić information content (AvgIpc) is 1.95. The van der Waals surface area contributed by atoms with Gasteiger partial charge in [-0.2, -0.15) is 18.4 Å². The standard InChI is InChI=1S/C7H11F3N2O/c1-5(13)3-12-4-6(2-11)7(8,9)10/h5-6,12-13H,3-4H2,1H3. The lowest BCUT2D eigenvalue weighted by Crippen LogP contribution is -2.35. The van der Waals surface area contributed by atoms with Crippen molar-refractivity contribution in [3.05, 3.63) is 0 Å². The number of alkyl halides is 3. The van der Waals surface area contributed by atoms with E-state index in [-0.39, 0.29) is 6.54 Å². The van der Waals surface area contributed by atoms with E-state index < -0.39 is 24.7 Å². The molecule has 0 saturated heterocycles. The molecule has 0 fully saturated rings. The molecule has 0 spiro atoms. The van der Waals surface area contributed by atoms with E-state index in [1.807, 2.05) is 0 Å². The van der Waals surface area contributed by atoms with Gasteiger partial charge in [0.05, 0.1) is 12.2 Å². The van der Waals surface area contributed by atoms with Crippen LogP contribution < -0.4 is 5.32 Å². The summed E-state index contributed by atoms with van der Waals surface area (Å²) in [6, 6.07) is 1.15. The first-order chi connectivity index (χ1) is 5.88. The zero-order valence-electron chi connectivity index (χ0n) is 7.10. The predicted molar refractivity (Wildman–Crippen MR) is 39.7 cm³/mol. The van der Waals surface area contributed by atoms with Gasteiger partial charge in [-0.25, -0.2) is 0 Å². The van der Waals surface area contributed by atoms with Crippen molar-refractivity contribution in [2.45, 2.75) is 19.2 Å². The monoisotopic (exact) mass is 196 g/mol. The summed E-state index contributed by atoms with van der Waals surface area (Å²) in [4.78, 5) is 0. The first kappa shape index (κ1) is 12.2. The van der Waals surface area contributed by atoms with E-state index in [9.17, 15) is 13.2 Å². The number of hydrogen-bond acceptors (Lipinski definition) is 3. The molecule has 0 rings (SSSR count). The van der Waals surface area contributed by atoms with Crippen molar-refractivity contribution in [3.8, 4) is 6.07 Å². The van der Waals surface area contributed by atoms with Gasteiger partial charge in [-0.15, -0.1) is 0 Å². The second-order valence-corrected chi connectivity index (χ2v) is 2.73. The summed E-state index contributed by atoms with van der Waals surface area (Å²) in [7, 11) is 0. The van der Waals surface area contributed by atoms with Crippen LogP contribution in [-0.4, -0.2) is 30.5 Å². The Bertz CT molecular complexity index is 185. The van der Waals surface area contributed by atoms with Gasteiger partial charge in [0.1, 0.15) is 0 Å². The van der Waals surface area contributed by atoms with Crippen molar-refractivity contribution in [2.24, 2.45) is 5.92 Å². The normalized spacial score (nSPS) is 16.3. The van der Waals surface area contributed by atoms with Gasteiger partial charge in [0.25, 0.3) is 0 Å². The van der Waals surface area contributed by atoms with Crippen LogP contribution in [0.25, 0.3) is 0 Å². The molecule has 0 saturated carbocycles. The Morgan fingerprint density at radius 1 is 1.46 bits per heavy atom. The second-order valence-electron chi connectivity index (χ2n) is 2.73. The molecule has 0 amide bonds. The van der Waals surface area contributed by atoms with Crippen molar-refractivity contribution in [1.29, 1.82) is 5.26 Å². The van der Waals surface area contributed by atoms with Crippen molar-refractivity contribution < 1.29 is 18.3 Å². The van der Waals surface area contributed by atoms with Crippen LogP contribution in [0.2, 0.25) is 0 Å².